The monoisotopic (exact) mass is 889 g/mol. The standard InChI is InChI=1S/C24H34N5O17P3.6Na/c25-21-15-22(27-10-26-21)29(11-28-15)23-20(46-49(38,39)40)17(13(41-23)8-4-7-12-5-2-1-3-6-12)43-24-16(31)19(45-48(35,36)37)18(14(9-30)42-24)44-47(32,33)34;;;;;;/h1-3,5-6,10-11,13-14,16-20,23-24,30-31H,4,7-9H2,(H2,25,26,27)(H2,32,33,34)(H2,35,36,37)(H2,38,39,40);;;;;;/q;6*+1/p-6/t13-,14-,16-,17-,18-,19-,20-,23-,24-;;;;;;/m1....../s1. The predicted molar refractivity (Wildman–Crippen MR) is 147 cm³/mol. The van der Waals surface area contributed by atoms with E-state index in [9.17, 15) is 53.3 Å². The number of imidazole rings is 1. The third kappa shape index (κ3) is 17.3. The van der Waals surface area contributed by atoms with Gasteiger partial charge in [0.25, 0.3) is 0 Å². The molecule has 1 aromatic carbocycles. The van der Waals surface area contributed by atoms with Gasteiger partial charge in [0, 0.05) is 0 Å². The summed E-state index contributed by atoms with van der Waals surface area (Å²) in [5, 5.41) is 20.9. The Labute approximate surface area is 446 Å². The molecular formula is C24H28N5Na6O17P3. The summed E-state index contributed by atoms with van der Waals surface area (Å²) in [6.45, 7) is -1.21. The first-order valence-electron chi connectivity index (χ1n) is 14.3. The number of phosphoric acid groups is 3. The zero-order valence-corrected chi connectivity index (χ0v) is 45.5. The molecule has 2 aromatic heterocycles. The largest absolute Gasteiger partial charge is 1.00 e. The number of hydrogen-bond donors (Lipinski definition) is 3. The van der Waals surface area contributed by atoms with Crippen LogP contribution in [-0.4, -0.2) is 85.4 Å². The molecule has 0 spiro atoms. The number of nitrogens with two attached hydrogens (primary N) is 1. The van der Waals surface area contributed by atoms with E-state index in [1.54, 1.807) is 12.1 Å². The molecule has 55 heavy (non-hydrogen) atoms. The normalized spacial score (nSPS) is 26.6. The Morgan fingerprint density at radius 3 is 1.89 bits per heavy atom. The molecule has 4 N–H and O–H groups in total. The quantitative estimate of drug-likeness (QED) is 0.0999. The van der Waals surface area contributed by atoms with Gasteiger partial charge in [0.2, 0.25) is 0 Å². The molecule has 9 atom stereocenters. The van der Waals surface area contributed by atoms with Crippen molar-refractivity contribution in [2.24, 2.45) is 0 Å². The number of benzene rings is 1. The molecular weight excluding hydrogens is 861 g/mol. The van der Waals surface area contributed by atoms with Crippen LogP contribution in [0, 0.1) is 0 Å². The second-order valence-electron chi connectivity index (χ2n) is 10.9. The number of hydrogen-bond acceptors (Lipinski definition) is 21. The number of rotatable bonds is 14. The van der Waals surface area contributed by atoms with Gasteiger partial charge in [-0.15, -0.1) is 0 Å². The van der Waals surface area contributed by atoms with E-state index in [4.69, 9.17) is 24.5 Å². The number of fused-ring (bicyclic) bond motifs is 1. The number of phosphoric ester groups is 3. The van der Waals surface area contributed by atoms with E-state index in [2.05, 4.69) is 24.0 Å². The first-order valence-corrected chi connectivity index (χ1v) is 18.7. The van der Waals surface area contributed by atoms with Crippen molar-refractivity contribution in [2.45, 2.75) is 74.5 Å². The van der Waals surface area contributed by atoms with Gasteiger partial charge >= 0.3 is 177 Å². The fourth-order valence-electron chi connectivity index (χ4n) is 5.65. The van der Waals surface area contributed by atoms with Gasteiger partial charge in [0.15, 0.2) is 24.0 Å². The van der Waals surface area contributed by atoms with Crippen LogP contribution in [0.3, 0.4) is 0 Å². The summed E-state index contributed by atoms with van der Waals surface area (Å²) in [6.07, 6.45) is -14.8. The molecule has 0 aliphatic carbocycles. The molecule has 2 aliphatic rings. The summed E-state index contributed by atoms with van der Waals surface area (Å²) in [6, 6.07) is 9.11. The SMILES string of the molecule is Nc1ncnc2c1ncn2[C@@H]1O[C@H](CCCc2ccccc2)[C@@H](O[C@H]2O[C@H](CO)[C@@H](OP(=O)([O-])[O-])[C@H](OP(=O)([O-])[O-])[C@H]2O)[C@H]1OP(=O)([O-])[O-].[Na+].[Na+].[Na+].[Na+].[Na+].[Na+]. The van der Waals surface area contributed by atoms with Gasteiger partial charge < -0.3 is 86.8 Å². The number of nitrogens with zero attached hydrogens (tertiary/aromatic N) is 4. The maximum Gasteiger partial charge on any atom is 1.00 e. The Hall–Kier alpha value is 3.70. The van der Waals surface area contributed by atoms with Crippen molar-refractivity contribution in [1.29, 1.82) is 0 Å². The third-order valence-electron chi connectivity index (χ3n) is 7.58. The van der Waals surface area contributed by atoms with Crippen LogP contribution in [0.4, 0.5) is 5.82 Å². The predicted octanol–water partition coefficient (Wildman–Crippen LogP) is -22.5. The fourth-order valence-corrected chi connectivity index (χ4v) is 7.27. The number of aliphatic hydroxyl groups excluding tert-OH is 2. The minimum Gasteiger partial charge on any atom is -0.790 e. The van der Waals surface area contributed by atoms with Crippen molar-refractivity contribution in [3.05, 3.63) is 48.5 Å². The smallest absolute Gasteiger partial charge is 0.790 e. The van der Waals surface area contributed by atoms with E-state index in [1.807, 2.05) is 18.2 Å². The van der Waals surface area contributed by atoms with E-state index in [0.717, 1.165) is 18.2 Å². The van der Waals surface area contributed by atoms with Crippen molar-refractivity contribution < 1.29 is 258 Å². The first-order chi connectivity index (χ1) is 22.9. The van der Waals surface area contributed by atoms with E-state index in [-0.39, 0.29) is 201 Å². The number of nitrogen functional groups attached to an aromatic ring is 1. The molecule has 0 bridgehead atoms. The second kappa shape index (κ2) is 26.5. The number of aliphatic hydroxyl groups is 2. The van der Waals surface area contributed by atoms with Crippen LogP contribution in [0.5, 0.6) is 0 Å². The number of anilines is 1. The van der Waals surface area contributed by atoms with Gasteiger partial charge in [-0.2, -0.15) is 0 Å². The van der Waals surface area contributed by atoms with Crippen LogP contribution in [0.25, 0.3) is 11.2 Å². The molecule has 3 aromatic rings. The van der Waals surface area contributed by atoms with E-state index in [1.165, 1.54) is 4.57 Å². The van der Waals surface area contributed by atoms with Crippen molar-refractivity contribution in [2.75, 3.05) is 12.3 Å². The average Bonchev–Trinajstić information content (AvgIpc) is 3.57. The number of aryl methyl sites for hydroxylation is 1. The summed E-state index contributed by atoms with van der Waals surface area (Å²) < 4.78 is 67.1. The van der Waals surface area contributed by atoms with Crippen molar-refractivity contribution in [1.82, 2.24) is 19.5 Å². The van der Waals surface area contributed by atoms with Gasteiger partial charge in [0.05, 0.1) is 42.5 Å². The Morgan fingerprint density at radius 1 is 0.764 bits per heavy atom. The summed E-state index contributed by atoms with van der Waals surface area (Å²) in [5.74, 6) is -0.0592. The van der Waals surface area contributed by atoms with Crippen molar-refractivity contribution in [3.8, 4) is 0 Å². The van der Waals surface area contributed by atoms with Gasteiger partial charge in [0.1, 0.15) is 48.5 Å². The molecule has 2 aliphatic heterocycles. The average molecular weight is 889 g/mol. The molecule has 5 rings (SSSR count). The van der Waals surface area contributed by atoms with Gasteiger partial charge in [-0.1, -0.05) is 30.3 Å². The molecule has 31 heteroatoms. The van der Waals surface area contributed by atoms with Crippen LogP contribution >= 0.6 is 23.5 Å². The topological polar surface area (TPSA) is 355 Å². The molecule has 2 saturated heterocycles. The second-order valence-corrected chi connectivity index (χ2v) is 14.2. The molecule has 0 amide bonds. The molecule has 272 valence electrons. The Bertz CT molecular complexity index is 1750. The van der Waals surface area contributed by atoms with Gasteiger partial charge in [-0.05, 0) is 24.8 Å². The zero-order chi connectivity index (χ0) is 35.7. The van der Waals surface area contributed by atoms with Crippen molar-refractivity contribution >= 4 is 40.4 Å². The van der Waals surface area contributed by atoms with E-state index in [0.29, 0.717) is 12.8 Å². The molecule has 0 saturated carbocycles. The van der Waals surface area contributed by atoms with Gasteiger partial charge in [-0.25, -0.2) is 15.0 Å². The summed E-state index contributed by atoms with van der Waals surface area (Å²) in [5.41, 5.74) is 6.87. The van der Waals surface area contributed by atoms with Crippen LogP contribution in [0.1, 0.15) is 24.6 Å². The zero-order valence-electron chi connectivity index (χ0n) is 30.8. The Balaban J connectivity index is 0. The molecule has 22 nitrogen and oxygen atoms in total. The van der Waals surface area contributed by atoms with Crippen LogP contribution in [0.15, 0.2) is 43.0 Å². The van der Waals surface area contributed by atoms with Crippen LogP contribution in [-0.2, 0) is 47.9 Å². The summed E-state index contributed by atoms with van der Waals surface area (Å²) in [7, 11) is -17.9. The summed E-state index contributed by atoms with van der Waals surface area (Å²) >= 11 is 0. The maximum absolute atomic E-state index is 12.0. The van der Waals surface area contributed by atoms with Crippen LogP contribution in [0.2, 0.25) is 0 Å². The van der Waals surface area contributed by atoms with Gasteiger partial charge in [-0.3, -0.25) is 4.57 Å². The Morgan fingerprint density at radius 2 is 1.33 bits per heavy atom. The fraction of sp³-hybridized carbons (Fsp3) is 0.542. The minimum absolute atomic E-state index is 0. The molecule has 0 unspecified atom stereocenters. The molecule has 4 heterocycles. The summed E-state index contributed by atoms with van der Waals surface area (Å²) in [4.78, 5) is 82.0. The van der Waals surface area contributed by atoms with E-state index < -0.39 is 85.3 Å². The maximum atomic E-state index is 12.0. The van der Waals surface area contributed by atoms with Crippen LogP contribution < -0.4 is 212 Å². The molecule has 2 fully saturated rings. The first kappa shape index (κ1) is 60.8. The Kier molecular flexibility index (Phi) is 29.3. The number of aromatic nitrogens is 4. The van der Waals surface area contributed by atoms with Crippen molar-refractivity contribution in [3.63, 3.8) is 0 Å². The van der Waals surface area contributed by atoms with E-state index >= 15 is 0 Å². The number of ether oxygens (including phenoxy) is 3. The third-order valence-corrected chi connectivity index (χ3v) is 9.09. The minimum atomic E-state index is -6.07. The molecule has 0 radical (unpaired) electrons.